The van der Waals surface area contributed by atoms with Crippen molar-refractivity contribution in [1.82, 2.24) is 30.2 Å². The van der Waals surface area contributed by atoms with Gasteiger partial charge in [0.1, 0.15) is 6.04 Å². The Hall–Kier alpha value is -4.47. The molecule has 10 heteroatoms. The van der Waals surface area contributed by atoms with Crippen LogP contribution in [0.5, 0.6) is 0 Å². The second kappa shape index (κ2) is 12.7. The SMILES string of the molecule is CNC(=O)[C@H](CCCc1ccccc1)NC(=O)[C@H]1CN(C(=O)c2cnn(Cc3ccccc3)c2)CC12CN(C(=O)[C@H]1CC1(C)C)C2. The number of nitrogens with zero attached hydrogens (tertiary/aromatic N) is 4. The third-order valence-electron chi connectivity index (χ3n) is 10.1. The molecule has 1 saturated carbocycles. The summed E-state index contributed by atoms with van der Waals surface area (Å²) in [5.41, 5.74) is 2.16. The number of carbonyl (C=O) groups excluding carboxylic acids is 4. The van der Waals surface area contributed by atoms with Crippen LogP contribution in [0.3, 0.4) is 0 Å². The number of rotatable bonds is 11. The fraction of sp³-hybridized carbons (Fsp3) is 0.472. The lowest BCUT2D eigenvalue weighted by atomic mass is 9.70. The number of hydrogen-bond donors (Lipinski definition) is 2. The number of likely N-dealkylation sites (tertiary alicyclic amines) is 2. The van der Waals surface area contributed by atoms with Crippen LogP contribution in [0.2, 0.25) is 0 Å². The Kier molecular flexibility index (Phi) is 8.72. The summed E-state index contributed by atoms with van der Waals surface area (Å²) >= 11 is 0. The Morgan fingerprint density at radius 2 is 1.54 bits per heavy atom. The van der Waals surface area contributed by atoms with E-state index in [9.17, 15) is 19.2 Å². The normalized spacial score (nSPS) is 21.4. The smallest absolute Gasteiger partial charge is 0.257 e. The summed E-state index contributed by atoms with van der Waals surface area (Å²) in [5, 5.41) is 10.1. The minimum absolute atomic E-state index is 0.00830. The Labute approximate surface area is 270 Å². The van der Waals surface area contributed by atoms with Crippen LogP contribution < -0.4 is 10.6 Å². The van der Waals surface area contributed by atoms with E-state index in [1.54, 1.807) is 29.0 Å². The predicted octanol–water partition coefficient (Wildman–Crippen LogP) is 3.13. The first-order chi connectivity index (χ1) is 22.1. The maximum atomic E-state index is 14.0. The Bertz CT molecular complexity index is 1580. The molecule has 1 aromatic heterocycles. The fourth-order valence-corrected chi connectivity index (χ4v) is 7.17. The lowest BCUT2D eigenvalue weighted by molar-refractivity contribution is -0.151. The molecule has 10 nitrogen and oxygen atoms in total. The maximum absolute atomic E-state index is 14.0. The van der Waals surface area contributed by atoms with Gasteiger partial charge in [-0.25, -0.2) is 0 Å². The van der Waals surface area contributed by atoms with E-state index in [0.29, 0.717) is 38.2 Å². The van der Waals surface area contributed by atoms with Crippen LogP contribution in [-0.2, 0) is 27.3 Å². The average Bonchev–Trinajstić information content (AvgIpc) is 3.35. The van der Waals surface area contributed by atoms with Crippen molar-refractivity contribution < 1.29 is 19.2 Å². The number of hydrogen-bond acceptors (Lipinski definition) is 5. The van der Waals surface area contributed by atoms with Crippen LogP contribution in [0.1, 0.15) is 54.6 Å². The quantitative estimate of drug-likeness (QED) is 0.340. The molecule has 0 radical (unpaired) electrons. The highest BCUT2D eigenvalue weighted by atomic mass is 16.2. The van der Waals surface area contributed by atoms with E-state index in [0.717, 1.165) is 24.8 Å². The lowest BCUT2D eigenvalue weighted by Gasteiger charge is -2.50. The first-order valence-corrected chi connectivity index (χ1v) is 16.3. The topological polar surface area (TPSA) is 117 Å². The zero-order valence-electron chi connectivity index (χ0n) is 26.9. The number of likely N-dealkylation sites (N-methyl/N-ethyl adjacent to an activating group) is 1. The standard InChI is InChI=1S/C36H44N6O4/c1-35(2)17-28(35)34(46)41-23-36(24-41)22-40(33(45)27-18-38-42(20-27)19-26-13-8-5-9-14-26)21-29(36)31(43)39-30(32(44)37-3)16-10-15-25-11-6-4-7-12-25/h4-9,11-14,18,20,28-30H,10,15-17,19,21-24H2,1-3H3,(H,37,44)(H,39,43)/t28-,29-,30+/m1/s1. The number of nitrogens with one attached hydrogen (secondary N) is 2. The third kappa shape index (κ3) is 6.57. The van der Waals surface area contributed by atoms with Crippen molar-refractivity contribution in [2.24, 2.45) is 22.7 Å². The van der Waals surface area contributed by atoms with Gasteiger partial charge in [0.15, 0.2) is 0 Å². The van der Waals surface area contributed by atoms with Crippen LogP contribution in [0.4, 0.5) is 0 Å². The molecule has 3 atom stereocenters. The minimum Gasteiger partial charge on any atom is -0.357 e. The van der Waals surface area contributed by atoms with Gasteiger partial charge in [-0.05, 0) is 42.2 Å². The summed E-state index contributed by atoms with van der Waals surface area (Å²) < 4.78 is 1.74. The summed E-state index contributed by atoms with van der Waals surface area (Å²) in [5.74, 6) is -1.09. The van der Waals surface area contributed by atoms with Crippen LogP contribution in [-0.4, -0.2) is 82.5 Å². The average molecular weight is 625 g/mol. The van der Waals surface area contributed by atoms with Gasteiger partial charge < -0.3 is 20.4 Å². The zero-order valence-corrected chi connectivity index (χ0v) is 26.9. The molecule has 1 aliphatic carbocycles. The third-order valence-corrected chi connectivity index (χ3v) is 10.1. The molecule has 2 saturated heterocycles. The fourth-order valence-electron chi connectivity index (χ4n) is 7.17. The molecule has 3 fully saturated rings. The highest BCUT2D eigenvalue weighted by Crippen LogP contribution is 2.54. The van der Waals surface area contributed by atoms with Crippen molar-refractivity contribution in [2.45, 2.75) is 52.1 Å². The van der Waals surface area contributed by atoms with Crippen LogP contribution in [0.15, 0.2) is 73.1 Å². The first kappa shape index (κ1) is 31.5. The largest absolute Gasteiger partial charge is 0.357 e. The summed E-state index contributed by atoms with van der Waals surface area (Å²) in [7, 11) is 1.57. The van der Waals surface area contributed by atoms with Gasteiger partial charge in [-0.2, -0.15) is 5.10 Å². The molecule has 1 spiro atoms. The number of benzene rings is 2. The molecule has 2 aromatic carbocycles. The minimum atomic E-state index is -0.690. The molecule has 242 valence electrons. The Morgan fingerprint density at radius 3 is 2.17 bits per heavy atom. The first-order valence-electron chi connectivity index (χ1n) is 16.3. The second-order valence-corrected chi connectivity index (χ2v) is 14.0. The van der Waals surface area contributed by atoms with Crippen molar-refractivity contribution in [3.8, 4) is 0 Å². The van der Waals surface area contributed by atoms with Crippen molar-refractivity contribution >= 4 is 23.6 Å². The summed E-state index contributed by atoms with van der Waals surface area (Å²) in [6.45, 7) is 6.18. The van der Waals surface area contributed by atoms with Crippen molar-refractivity contribution in [3.63, 3.8) is 0 Å². The molecule has 46 heavy (non-hydrogen) atoms. The molecular formula is C36H44N6O4. The van der Waals surface area contributed by atoms with E-state index in [1.165, 1.54) is 5.56 Å². The highest BCUT2D eigenvalue weighted by Gasteiger charge is 2.62. The molecule has 0 unspecified atom stereocenters. The van der Waals surface area contributed by atoms with E-state index in [1.807, 2.05) is 53.4 Å². The van der Waals surface area contributed by atoms with Crippen LogP contribution >= 0.6 is 0 Å². The molecule has 2 aliphatic heterocycles. The predicted molar refractivity (Wildman–Crippen MR) is 173 cm³/mol. The summed E-state index contributed by atoms with van der Waals surface area (Å²) in [6.07, 6.45) is 6.21. The summed E-state index contributed by atoms with van der Waals surface area (Å²) in [4.78, 5) is 57.5. The highest BCUT2D eigenvalue weighted by molar-refractivity contribution is 5.95. The van der Waals surface area contributed by atoms with E-state index < -0.39 is 17.4 Å². The molecule has 4 amide bonds. The number of amides is 4. The van der Waals surface area contributed by atoms with E-state index in [2.05, 4.69) is 41.7 Å². The molecule has 6 rings (SSSR count). The van der Waals surface area contributed by atoms with Gasteiger partial charge in [-0.3, -0.25) is 23.9 Å². The molecule has 3 aromatic rings. The monoisotopic (exact) mass is 624 g/mol. The second-order valence-electron chi connectivity index (χ2n) is 14.0. The molecule has 3 heterocycles. The summed E-state index contributed by atoms with van der Waals surface area (Å²) in [6, 6.07) is 19.3. The maximum Gasteiger partial charge on any atom is 0.257 e. The lowest BCUT2D eigenvalue weighted by Crippen LogP contribution is -2.65. The zero-order chi connectivity index (χ0) is 32.5. The van der Waals surface area contributed by atoms with Gasteiger partial charge in [0.25, 0.3) is 5.91 Å². The van der Waals surface area contributed by atoms with Crippen LogP contribution in [0, 0.1) is 22.7 Å². The van der Waals surface area contributed by atoms with Crippen LogP contribution in [0.25, 0.3) is 0 Å². The van der Waals surface area contributed by atoms with Crippen molar-refractivity contribution in [3.05, 3.63) is 89.7 Å². The Balaban J connectivity index is 1.16. The Morgan fingerprint density at radius 1 is 0.913 bits per heavy atom. The molecule has 0 bridgehead atoms. The van der Waals surface area contributed by atoms with Crippen molar-refractivity contribution in [2.75, 3.05) is 33.2 Å². The molecule has 2 N–H and O–H groups in total. The van der Waals surface area contributed by atoms with Gasteiger partial charge in [0, 0.05) is 50.8 Å². The number of aromatic nitrogens is 2. The van der Waals surface area contributed by atoms with Gasteiger partial charge >= 0.3 is 0 Å². The molecular weight excluding hydrogens is 580 g/mol. The number of carbonyl (C=O) groups is 4. The number of aryl methyl sites for hydroxylation is 1. The van der Waals surface area contributed by atoms with Crippen molar-refractivity contribution in [1.29, 1.82) is 0 Å². The van der Waals surface area contributed by atoms with Gasteiger partial charge in [-0.1, -0.05) is 74.5 Å². The van der Waals surface area contributed by atoms with Gasteiger partial charge in [0.2, 0.25) is 17.7 Å². The van der Waals surface area contributed by atoms with Gasteiger partial charge in [-0.15, -0.1) is 0 Å². The molecule has 3 aliphatic rings. The van der Waals surface area contributed by atoms with E-state index in [4.69, 9.17) is 0 Å². The van der Waals surface area contributed by atoms with E-state index in [-0.39, 0.29) is 41.5 Å². The van der Waals surface area contributed by atoms with Gasteiger partial charge in [0.05, 0.1) is 24.2 Å². The van der Waals surface area contributed by atoms with E-state index >= 15 is 0 Å².